The van der Waals surface area contributed by atoms with Crippen LogP contribution in [0.3, 0.4) is 0 Å². The van der Waals surface area contributed by atoms with Crippen molar-refractivity contribution < 1.29 is 0 Å². The van der Waals surface area contributed by atoms with Crippen LogP contribution in [0.1, 0.15) is 17.9 Å². The normalized spacial score (nSPS) is 11.7. The van der Waals surface area contributed by atoms with Crippen molar-refractivity contribution in [1.29, 1.82) is 0 Å². The quantitative estimate of drug-likeness (QED) is 0.181. The Balaban J connectivity index is 0.00000225. The number of guanidine groups is 1. The molecule has 3 aromatic heterocycles. The van der Waals surface area contributed by atoms with E-state index in [1.165, 1.54) is 5.52 Å². The number of benzene rings is 1. The number of hydrogen-bond acceptors (Lipinski definition) is 4. The Morgan fingerprint density at radius 1 is 1.21 bits per heavy atom. The zero-order chi connectivity index (χ0) is 18.6. The predicted octanol–water partition coefficient (Wildman–Crippen LogP) is 3.43. The van der Waals surface area contributed by atoms with Gasteiger partial charge in [0, 0.05) is 37.9 Å². The molecule has 2 N–H and O–H groups in total. The molecule has 28 heavy (non-hydrogen) atoms. The maximum absolute atomic E-state index is 4.62. The molecule has 148 valence electrons. The van der Waals surface area contributed by atoms with Crippen LogP contribution in [0.5, 0.6) is 0 Å². The standard InChI is InChI=1S/C19H23N7S.HI/c1-14-23-16-6-3-4-7-17(16)26(14)9-5-8-21-18(20-2)22-12-15-13-25-10-11-27-19(25)24-15;/h3-4,6-7,10-11,13H,5,8-9,12H2,1-2H3,(H2,20,21,22);1H. The Kier molecular flexibility index (Phi) is 6.89. The van der Waals surface area contributed by atoms with Crippen LogP contribution in [0.15, 0.2) is 47.0 Å². The number of imidazole rings is 2. The van der Waals surface area contributed by atoms with Crippen molar-refractivity contribution in [3.05, 3.63) is 53.6 Å². The van der Waals surface area contributed by atoms with Gasteiger partial charge in [0.05, 0.1) is 23.3 Å². The molecule has 0 aliphatic carbocycles. The topological polar surface area (TPSA) is 71.5 Å². The number of halogens is 1. The van der Waals surface area contributed by atoms with E-state index in [0.29, 0.717) is 6.54 Å². The lowest BCUT2D eigenvalue weighted by Gasteiger charge is -2.12. The van der Waals surface area contributed by atoms with Gasteiger partial charge in [0.1, 0.15) is 5.82 Å². The van der Waals surface area contributed by atoms with Crippen molar-refractivity contribution in [2.24, 2.45) is 4.99 Å². The number of rotatable bonds is 6. The van der Waals surface area contributed by atoms with E-state index < -0.39 is 0 Å². The molecule has 3 heterocycles. The van der Waals surface area contributed by atoms with Gasteiger partial charge < -0.3 is 15.2 Å². The van der Waals surface area contributed by atoms with E-state index in [2.05, 4.69) is 55.3 Å². The Morgan fingerprint density at radius 3 is 2.89 bits per heavy atom. The molecule has 4 rings (SSSR count). The highest BCUT2D eigenvalue weighted by atomic mass is 127. The molecule has 0 spiro atoms. The van der Waals surface area contributed by atoms with Crippen LogP contribution in [0, 0.1) is 6.92 Å². The molecule has 0 atom stereocenters. The Morgan fingerprint density at radius 2 is 2.07 bits per heavy atom. The molecule has 0 fully saturated rings. The number of fused-ring (bicyclic) bond motifs is 2. The van der Waals surface area contributed by atoms with Gasteiger partial charge in [-0.1, -0.05) is 12.1 Å². The number of aliphatic imine (C=N–C) groups is 1. The summed E-state index contributed by atoms with van der Waals surface area (Å²) >= 11 is 1.64. The number of aromatic nitrogens is 4. The first-order chi connectivity index (χ1) is 13.2. The lowest BCUT2D eigenvalue weighted by molar-refractivity contribution is 0.624. The summed E-state index contributed by atoms with van der Waals surface area (Å²) in [4.78, 5) is 14.5. The fourth-order valence-corrected chi connectivity index (χ4v) is 3.90. The first-order valence-electron chi connectivity index (χ1n) is 9.02. The minimum atomic E-state index is 0. The van der Waals surface area contributed by atoms with E-state index in [4.69, 9.17) is 0 Å². The van der Waals surface area contributed by atoms with Gasteiger partial charge in [-0.25, -0.2) is 9.97 Å². The zero-order valence-electron chi connectivity index (χ0n) is 15.9. The second-order valence-electron chi connectivity index (χ2n) is 6.33. The summed E-state index contributed by atoms with van der Waals surface area (Å²) < 4.78 is 4.31. The van der Waals surface area contributed by atoms with Crippen molar-refractivity contribution in [2.75, 3.05) is 13.6 Å². The van der Waals surface area contributed by atoms with E-state index in [9.17, 15) is 0 Å². The van der Waals surface area contributed by atoms with E-state index in [1.54, 1.807) is 18.4 Å². The van der Waals surface area contributed by atoms with Crippen LogP contribution in [-0.4, -0.2) is 38.5 Å². The van der Waals surface area contributed by atoms with Gasteiger partial charge in [-0.05, 0) is 25.5 Å². The molecular formula is C19H24IN7S. The average molecular weight is 509 g/mol. The second-order valence-corrected chi connectivity index (χ2v) is 7.20. The lowest BCUT2D eigenvalue weighted by Crippen LogP contribution is -2.37. The van der Waals surface area contributed by atoms with Gasteiger partial charge in [-0.2, -0.15) is 0 Å². The van der Waals surface area contributed by atoms with Gasteiger partial charge in [-0.3, -0.25) is 9.39 Å². The van der Waals surface area contributed by atoms with Crippen molar-refractivity contribution in [3.63, 3.8) is 0 Å². The van der Waals surface area contributed by atoms with Crippen LogP contribution < -0.4 is 10.6 Å². The summed E-state index contributed by atoms with van der Waals surface area (Å²) in [5, 5.41) is 8.72. The molecule has 1 aromatic carbocycles. The molecule has 0 aliphatic heterocycles. The highest BCUT2D eigenvalue weighted by molar-refractivity contribution is 14.0. The molecule has 0 unspecified atom stereocenters. The highest BCUT2D eigenvalue weighted by Crippen LogP contribution is 2.15. The number of nitrogens with one attached hydrogen (secondary N) is 2. The number of hydrogen-bond donors (Lipinski definition) is 2. The smallest absolute Gasteiger partial charge is 0.193 e. The van der Waals surface area contributed by atoms with E-state index in [1.807, 2.05) is 28.2 Å². The minimum absolute atomic E-state index is 0. The van der Waals surface area contributed by atoms with Crippen LogP contribution in [0.4, 0.5) is 0 Å². The maximum atomic E-state index is 4.62. The van der Waals surface area contributed by atoms with Crippen LogP contribution >= 0.6 is 35.3 Å². The largest absolute Gasteiger partial charge is 0.356 e. The fraction of sp³-hybridized carbons (Fsp3) is 0.316. The Hall–Kier alpha value is -2.14. The summed E-state index contributed by atoms with van der Waals surface area (Å²) in [7, 11) is 1.79. The number of nitrogens with zero attached hydrogens (tertiary/aromatic N) is 5. The Labute approximate surface area is 184 Å². The maximum Gasteiger partial charge on any atom is 0.193 e. The molecule has 4 aromatic rings. The first kappa shape index (κ1) is 20.6. The molecule has 0 amide bonds. The van der Waals surface area contributed by atoms with Gasteiger partial charge in [-0.15, -0.1) is 35.3 Å². The summed E-state index contributed by atoms with van der Waals surface area (Å²) in [5.41, 5.74) is 3.25. The third kappa shape index (κ3) is 4.46. The van der Waals surface area contributed by atoms with Crippen LogP contribution in [0.2, 0.25) is 0 Å². The third-order valence-corrected chi connectivity index (χ3v) is 5.27. The Bertz CT molecular complexity index is 1050. The zero-order valence-corrected chi connectivity index (χ0v) is 19.1. The molecule has 9 heteroatoms. The second kappa shape index (κ2) is 9.37. The predicted molar refractivity (Wildman–Crippen MR) is 126 cm³/mol. The van der Waals surface area contributed by atoms with Crippen molar-refractivity contribution >= 4 is 57.3 Å². The van der Waals surface area contributed by atoms with Gasteiger partial charge in [0.25, 0.3) is 0 Å². The molecular weight excluding hydrogens is 485 g/mol. The molecule has 0 saturated carbocycles. The highest BCUT2D eigenvalue weighted by Gasteiger charge is 2.07. The molecule has 0 saturated heterocycles. The third-order valence-electron chi connectivity index (χ3n) is 4.50. The molecule has 0 radical (unpaired) electrons. The minimum Gasteiger partial charge on any atom is -0.356 e. The fourth-order valence-electron chi connectivity index (χ4n) is 3.18. The monoisotopic (exact) mass is 509 g/mol. The molecule has 0 bridgehead atoms. The first-order valence-corrected chi connectivity index (χ1v) is 9.90. The number of thiazole rings is 1. The van der Waals surface area contributed by atoms with Crippen LogP contribution in [0.25, 0.3) is 16.0 Å². The molecule has 7 nitrogen and oxygen atoms in total. The van der Waals surface area contributed by atoms with Gasteiger partial charge >= 0.3 is 0 Å². The summed E-state index contributed by atoms with van der Waals surface area (Å²) in [6.07, 6.45) is 5.05. The molecule has 0 aliphatic rings. The number of aryl methyl sites for hydroxylation is 2. The average Bonchev–Trinajstić information content (AvgIpc) is 3.34. The van der Waals surface area contributed by atoms with Crippen molar-refractivity contribution in [1.82, 2.24) is 29.6 Å². The summed E-state index contributed by atoms with van der Waals surface area (Å²) in [6, 6.07) is 8.27. The summed E-state index contributed by atoms with van der Waals surface area (Å²) in [6.45, 7) is 4.47. The van der Waals surface area contributed by atoms with Crippen molar-refractivity contribution in [3.8, 4) is 0 Å². The summed E-state index contributed by atoms with van der Waals surface area (Å²) in [5.74, 6) is 1.84. The SMILES string of the molecule is CN=C(NCCCn1c(C)nc2ccccc21)NCc1cn2ccsc2n1.I. The van der Waals surface area contributed by atoms with Gasteiger partial charge in [0.2, 0.25) is 0 Å². The van der Waals surface area contributed by atoms with E-state index in [-0.39, 0.29) is 24.0 Å². The number of para-hydroxylation sites is 2. The van der Waals surface area contributed by atoms with E-state index in [0.717, 1.165) is 47.5 Å². The van der Waals surface area contributed by atoms with Crippen LogP contribution in [-0.2, 0) is 13.1 Å². The lowest BCUT2D eigenvalue weighted by atomic mass is 10.3. The van der Waals surface area contributed by atoms with Gasteiger partial charge in [0.15, 0.2) is 10.9 Å². The van der Waals surface area contributed by atoms with Crippen molar-refractivity contribution in [2.45, 2.75) is 26.4 Å². The van der Waals surface area contributed by atoms with E-state index >= 15 is 0 Å².